The van der Waals surface area contributed by atoms with E-state index in [0.29, 0.717) is 17.8 Å². The molecule has 8 nitrogen and oxygen atoms in total. The molecule has 2 aliphatic rings. The van der Waals surface area contributed by atoms with E-state index in [0.717, 1.165) is 25.1 Å². The highest BCUT2D eigenvalue weighted by Gasteiger charge is 2.50. The number of carbonyl (C=O) groups excluding carboxylic acids is 1. The van der Waals surface area contributed by atoms with E-state index in [1.54, 1.807) is 24.0 Å². The Morgan fingerprint density at radius 2 is 1.91 bits per heavy atom. The Hall–Kier alpha value is -3.50. The SMILES string of the molecule is Cc1ccc(-n2nccn2)c(C(=O)N2C3CCC2C(Oc2ccc(C(F)(F)F)cn2)C3)n1. The second-order valence-electron chi connectivity index (χ2n) is 7.92. The lowest BCUT2D eigenvalue weighted by atomic mass is 9.98. The van der Waals surface area contributed by atoms with Gasteiger partial charge in [-0.25, -0.2) is 9.97 Å². The van der Waals surface area contributed by atoms with E-state index in [4.69, 9.17) is 4.74 Å². The fourth-order valence-corrected chi connectivity index (χ4v) is 4.48. The normalized spacial score (nSPS) is 22.4. The van der Waals surface area contributed by atoms with Crippen molar-refractivity contribution in [1.82, 2.24) is 29.9 Å². The van der Waals surface area contributed by atoms with Gasteiger partial charge in [0.15, 0.2) is 5.69 Å². The smallest absolute Gasteiger partial charge is 0.417 e. The lowest BCUT2D eigenvalue weighted by Gasteiger charge is -2.25. The number of alkyl halides is 3. The Balaban J connectivity index is 1.38. The molecule has 0 aromatic carbocycles. The molecule has 2 bridgehead atoms. The van der Waals surface area contributed by atoms with Gasteiger partial charge in [-0.3, -0.25) is 4.79 Å². The maximum absolute atomic E-state index is 13.5. The lowest BCUT2D eigenvalue weighted by molar-refractivity contribution is -0.137. The van der Waals surface area contributed by atoms with E-state index in [1.807, 2.05) is 0 Å². The van der Waals surface area contributed by atoms with E-state index < -0.39 is 11.7 Å². The average molecular weight is 444 g/mol. The van der Waals surface area contributed by atoms with Gasteiger partial charge in [-0.05, 0) is 38.0 Å². The Bertz CT molecular complexity index is 1130. The van der Waals surface area contributed by atoms with E-state index in [2.05, 4.69) is 20.2 Å². The molecule has 2 fully saturated rings. The molecule has 11 heteroatoms. The molecule has 2 saturated heterocycles. The van der Waals surface area contributed by atoms with Crippen LogP contribution in [0.4, 0.5) is 13.2 Å². The Kier molecular flexibility index (Phi) is 4.83. The van der Waals surface area contributed by atoms with Crippen molar-refractivity contribution in [3.63, 3.8) is 0 Å². The first kappa shape index (κ1) is 20.4. The first-order valence-electron chi connectivity index (χ1n) is 10.2. The number of hydrogen-bond acceptors (Lipinski definition) is 6. The number of hydrogen-bond donors (Lipinski definition) is 0. The van der Waals surface area contributed by atoms with Gasteiger partial charge in [0.2, 0.25) is 5.88 Å². The number of aromatic nitrogens is 5. The van der Waals surface area contributed by atoms with E-state index in [-0.39, 0.29) is 35.7 Å². The summed E-state index contributed by atoms with van der Waals surface area (Å²) >= 11 is 0. The van der Waals surface area contributed by atoms with Crippen LogP contribution in [-0.4, -0.2) is 54.0 Å². The summed E-state index contributed by atoms with van der Waals surface area (Å²) < 4.78 is 44.2. The highest BCUT2D eigenvalue weighted by molar-refractivity contribution is 5.96. The van der Waals surface area contributed by atoms with Crippen molar-refractivity contribution in [2.24, 2.45) is 0 Å². The largest absolute Gasteiger partial charge is 0.472 e. The molecule has 0 radical (unpaired) electrons. The van der Waals surface area contributed by atoms with Gasteiger partial charge in [0.25, 0.3) is 5.91 Å². The maximum atomic E-state index is 13.5. The van der Waals surface area contributed by atoms with Gasteiger partial charge in [-0.2, -0.15) is 23.4 Å². The van der Waals surface area contributed by atoms with Gasteiger partial charge in [0.1, 0.15) is 11.8 Å². The third-order valence-electron chi connectivity index (χ3n) is 5.90. The number of fused-ring (bicyclic) bond motifs is 2. The quantitative estimate of drug-likeness (QED) is 0.614. The number of amides is 1. The Morgan fingerprint density at radius 1 is 1.12 bits per heavy atom. The van der Waals surface area contributed by atoms with E-state index >= 15 is 0 Å². The van der Waals surface area contributed by atoms with Crippen LogP contribution in [0, 0.1) is 6.92 Å². The fraction of sp³-hybridized carbons (Fsp3) is 0.381. The van der Waals surface area contributed by atoms with Crippen LogP contribution < -0.4 is 4.74 Å². The van der Waals surface area contributed by atoms with Crippen molar-refractivity contribution < 1.29 is 22.7 Å². The van der Waals surface area contributed by atoms with Crippen LogP contribution >= 0.6 is 0 Å². The number of halogens is 3. The molecule has 0 spiro atoms. The van der Waals surface area contributed by atoms with Crippen molar-refractivity contribution in [2.75, 3.05) is 0 Å². The second kappa shape index (κ2) is 7.57. The summed E-state index contributed by atoms with van der Waals surface area (Å²) in [6, 6.07) is 5.46. The van der Waals surface area contributed by atoms with Crippen LogP contribution in [0.15, 0.2) is 42.9 Å². The molecule has 3 aromatic heterocycles. The molecule has 2 aliphatic heterocycles. The van der Waals surface area contributed by atoms with Crippen molar-refractivity contribution in [1.29, 1.82) is 0 Å². The van der Waals surface area contributed by atoms with Crippen molar-refractivity contribution in [3.05, 3.63) is 59.8 Å². The number of pyridine rings is 2. The summed E-state index contributed by atoms with van der Waals surface area (Å²) in [6.45, 7) is 1.80. The standard InChI is InChI=1S/C21H19F3N6O2/c1-12-2-5-16(30-26-8-9-27-30)19(28-12)20(31)29-14-4-6-15(29)17(10-14)32-18-7-3-13(11-25-18)21(22,23)24/h2-3,5,7-9,11,14-15,17H,4,6,10H2,1H3. The molecule has 3 unspecified atom stereocenters. The predicted octanol–water partition coefficient (Wildman–Crippen LogP) is 3.21. The first-order valence-corrected chi connectivity index (χ1v) is 10.2. The fourth-order valence-electron chi connectivity index (χ4n) is 4.48. The van der Waals surface area contributed by atoms with Crippen LogP contribution in [0.3, 0.4) is 0 Å². The molecular weight excluding hydrogens is 425 g/mol. The van der Waals surface area contributed by atoms with Gasteiger partial charge in [0, 0.05) is 30.4 Å². The average Bonchev–Trinajstić information content (AvgIpc) is 3.49. The minimum Gasteiger partial charge on any atom is -0.472 e. The first-order chi connectivity index (χ1) is 15.3. The molecule has 5 heterocycles. The number of carbonyl (C=O) groups is 1. The maximum Gasteiger partial charge on any atom is 0.417 e. The van der Waals surface area contributed by atoms with Crippen LogP contribution in [0.2, 0.25) is 0 Å². The van der Waals surface area contributed by atoms with Crippen LogP contribution in [0.25, 0.3) is 5.69 Å². The zero-order chi connectivity index (χ0) is 22.5. The molecule has 32 heavy (non-hydrogen) atoms. The molecule has 0 N–H and O–H groups in total. The minimum absolute atomic E-state index is 0.0345. The van der Waals surface area contributed by atoms with E-state index in [9.17, 15) is 18.0 Å². The molecule has 3 aromatic rings. The molecule has 0 saturated carbocycles. The van der Waals surface area contributed by atoms with Gasteiger partial charge < -0.3 is 9.64 Å². The second-order valence-corrected chi connectivity index (χ2v) is 7.92. The monoisotopic (exact) mass is 444 g/mol. The van der Waals surface area contributed by atoms with Crippen molar-refractivity contribution >= 4 is 5.91 Å². The van der Waals surface area contributed by atoms with E-state index in [1.165, 1.54) is 23.3 Å². The molecule has 3 atom stereocenters. The number of rotatable bonds is 4. The van der Waals surface area contributed by atoms with Gasteiger partial charge in [-0.15, -0.1) is 4.80 Å². The topological polar surface area (TPSA) is 86.0 Å². The van der Waals surface area contributed by atoms with Gasteiger partial charge in [0.05, 0.1) is 24.0 Å². The summed E-state index contributed by atoms with van der Waals surface area (Å²) in [4.78, 5) is 24.9. The molecule has 1 amide bonds. The number of aryl methyl sites for hydroxylation is 1. The van der Waals surface area contributed by atoms with Crippen molar-refractivity contribution in [3.8, 4) is 11.6 Å². The molecule has 0 aliphatic carbocycles. The Labute approximate surface area is 181 Å². The highest BCUT2D eigenvalue weighted by atomic mass is 19.4. The van der Waals surface area contributed by atoms with Gasteiger partial charge in [-0.1, -0.05) is 0 Å². The van der Waals surface area contributed by atoms with Crippen molar-refractivity contribution in [2.45, 2.75) is 50.6 Å². The minimum atomic E-state index is -4.46. The summed E-state index contributed by atoms with van der Waals surface area (Å²) in [5.74, 6) is -0.127. The third-order valence-corrected chi connectivity index (χ3v) is 5.90. The molecular formula is C21H19F3N6O2. The summed E-state index contributed by atoms with van der Waals surface area (Å²) in [7, 11) is 0. The predicted molar refractivity (Wildman–Crippen MR) is 105 cm³/mol. The third kappa shape index (κ3) is 3.57. The molecule has 166 valence electrons. The summed E-state index contributed by atoms with van der Waals surface area (Å²) in [5, 5.41) is 8.23. The van der Waals surface area contributed by atoms with Crippen LogP contribution in [-0.2, 0) is 6.18 Å². The summed E-state index contributed by atoms with van der Waals surface area (Å²) in [6.07, 6.45) is 1.15. The highest BCUT2D eigenvalue weighted by Crippen LogP contribution is 2.41. The zero-order valence-corrected chi connectivity index (χ0v) is 17.0. The summed E-state index contributed by atoms with van der Waals surface area (Å²) in [5.41, 5.74) is 0.600. The van der Waals surface area contributed by atoms with Crippen LogP contribution in [0.1, 0.15) is 41.0 Å². The van der Waals surface area contributed by atoms with Crippen LogP contribution in [0.5, 0.6) is 5.88 Å². The number of ether oxygens (including phenoxy) is 1. The van der Waals surface area contributed by atoms with Gasteiger partial charge >= 0.3 is 6.18 Å². The number of nitrogens with zero attached hydrogens (tertiary/aromatic N) is 6. The zero-order valence-electron chi connectivity index (χ0n) is 17.0. The Morgan fingerprint density at radius 3 is 2.59 bits per heavy atom. The molecule has 5 rings (SSSR count). The lowest BCUT2D eigenvalue weighted by Crippen LogP contribution is -2.40.